The number of hydrogen-bond donors (Lipinski definition) is 9. The molecule has 0 aromatic heterocycles. The highest BCUT2D eigenvalue weighted by Crippen LogP contribution is 2.05. The number of carbonyl (C=O) groups excluding carboxylic acids is 3. The van der Waals surface area contributed by atoms with E-state index in [0.717, 1.165) is 0 Å². The number of nitrogens with two attached hydrogens (primary N) is 3. The van der Waals surface area contributed by atoms with Crippen LogP contribution in [0.3, 0.4) is 0 Å². The van der Waals surface area contributed by atoms with E-state index >= 15 is 0 Å². The third-order valence-corrected chi connectivity index (χ3v) is 4.46. The van der Waals surface area contributed by atoms with Gasteiger partial charge < -0.3 is 48.5 Å². The maximum atomic E-state index is 12.8. The highest BCUT2D eigenvalue weighted by Gasteiger charge is 2.32. The van der Waals surface area contributed by atoms with Crippen molar-refractivity contribution in [3.63, 3.8) is 0 Å². The van der Waals surface area contributed by atoms with Crippen molar-refractivity contribution in [2.24, 2.45) is 28.1 Å². The fourth-order valence-corrected chi connectivity index (χ4v) is 2.45. The molecule has 5 unspecified atom stereocenters. The summed E-state index contributed by atoms with van der Waals surface area (Å²) in [6.07, 6.45) is -1.03. The van der Waals surface area contributed by atoms with Gasteiger partial charge in [0.05, 0.1) is 18.8 Å². The molecule has 184 valence electrons. The summed E-state index contributed by atoms with van der Waals surface area (Å²) in [7, 11) is 0. The Kier molecular flexibility index (Phi) is 12.8. The van der Waals surface area contributed by atoms with Gasteiger partial charge in [0.15, 0.2) is 5.96 Å². The number of carboxylic acid groups (broad SMARTS) is 1. The summed E-state index contributed by atoms with van der Waals surface area (Å²) in [5.74, 6) is -4.27. The number of carbonyl (C=O) groups is 4. The zero-order valence-corrected chi connectivity index (χ0v) is 18.4. The molecular formula is C18H35N7O7. The molecule has 0 aliphatic heterocycles. The summed E-state index contributed by atoms with van der Waals surface area (Å²) >= 11 is 0. The molecule has 0 aliphatic carbocycles. The van der Waals surface area contributed by atoms with Crippen LogP contribution in [0.2, 0.25) is 0 Å². The van der Waals surface area contributed by atoms with Gasteiger partial charge in [-0.1, -0.05) is 13.8 Å². The molecule has 14 heteroatoms. The molecular weight excluding hydrogens is 426 g/mol. The smallest absolute Gasteiger partial charge is 0.328 e. The maximum Gasteiger partial charge on any atom is 0.328 e. The molecule has 0 saturated heterocycles. The Morgan fingerprint density at radius 2 is 1.50 bits per heavy atom. The van der Waals surface area contributed by atoms with Crippen LogP contribution >= 0.6 is 0 Å². The summed E-state index contributed by atoms with van der Waals surface area (Å²) < 4.78 is 0. The van der Waals surface area contributed by atoms with Crippen LogP contribution in [-0.4, -0.2) is 88.4 Å². The van der Waals surface area contributed by atoms with Gasteiger partial charge in [0, 0.05) is 6.54 Å². The minimum absolute atomic E-state index is 0.0850. The van der Waals surface area contributed by atoms with Crippen LogP contribution in [0, 0.1) is 5.92 Å². The van der Waals surface area contributed by atoms with Gasteiger partial charge in [-0.05, 0) is 25.7 Å². The van der Waals surface area contributed by atoms with E-state index in [4.69, 9.17) is 27.4 Å². The number of aliphatic hydroxyl groups excluding tert-OH is 2. The minimum atomic E-state index is -1.63. The molecule has 0 radical (unpaired) electrons. The second-order valence-corrected chi connectivity index (χ2v) is 7.59. The number of aliphatic hydroxyl groups is 2. The Bertz CT molecular complexity index is 681. The van der Waals surface area contributed by atoms with Gasteiger partial charge in [0.2, 0.25) is 17.7 Å². The normalized spacial score (nSPS) is 15.6. The third kappa shape index (κ3) is 10.4. The molecule has 3 amide bonds. The molecule has 14 nitrogen and oxygen atoms in total. The molecule has 0 saturated carbocycles. The second-order valence-electron chi connectivity index (χ2n) is 7.59. The van der Waals surface area contributed by atoms with Crippen LogP contribution in [0.1, 0.15) is 33.6 Å². The summed E-state index contributed by atoms with van der Waals surface area (Å²) in [4.78, 5) is 52.3. The SMILES string of the molecule is CC(C)C(N)C(=O)NC(CCCN=C(N)N)C(=O)NC(C(=O)NC(CO)C(=O)O)C(C)O. The number of aliphatic carboxylic acids is 1. The number of aliphatic imine (C=N–C) groups is 1. The summed E-state index contributed by atoms with van der Waals surface area (Å²) in [6, 6.07) is -5.20. The van der Waals surface area contributed by atoms with Gasteiger partial charge in [-0.2, -0.15) is 0 Å². The highest BCUT2D eigenvalue weighted by molar-refractivity contribution is 5.94. The van der Waals surface area contributed by atoms with Gasteiger partial charge in [-0.3, -0.25) is 19.4 Å². The van der Waals surface area contributed by atoms with E-state index in [1.54, 1.807) is 13.8 Å². The van der Waals surface area contributed by atoms with E-state index in [0.29, 0.717) is 6.42 Å². The lowest BCUT2D eigenvalue weighted by Crippen LogP contribution is -2.60. The van der Waals surface area contributed by atoms with Crippen LogP contribution in [-0.2, 0) is 19.2 Å². The van der Waals surface area contributed by atoms with Gasteiger partial charge in [0.1, 0.15) is 18.1 Å². The molecule has 0 spiro atoms. The Balaban J connectivity index is 5.44. The summed E-state index contributed by atoms with van der Waals surface area (Å²) in [5, 5.41) is 34.7. The van der Waals surface area contributed by atoms with Gasteiger partial charge >= 0.3 is 5.97 Å². The second kappa shape index (κ2) is 14.2. The van der Waals surface area contributed by atoms with Crippen molar-refractivity contribution in [3.8, 4) is 0 Å². The Morgan fingerprint density at radius 1 is 0.938 bits per heavy atom. The fraction of sp³-hybridized carbons (Fsp3) is 0.722. The van der Waals surface area contributed by atoms with Crippen molar-refractivity contribution in [2.45, 2.75) is 63.9 Å². The standard InChI is InChI=1S/C18H35N7O7/c1-8(2)12(19)15(29)23-10(5-4-6-22-18(20)21)14(28)25-13(9(3)27)16(30)24-11(7-26)17(31)32/h8-13,26-27H,4-7,19H2,1-3H3,(H,23,29)(H,24,30)(H,25,28)(H,31,32)(H4,20,21,22). The van der Waals surface area contributed by atoms with E-state index in [2.05, 4.69) is 15.6 Å². The first-order valence-corrected chi connectivity index (χ1v) is 10.1. The number of carboxylic acids is 1. The molecule has 0 aliphatic rings. The first-order chi connectivity index (χ1) is 14.8. The predicted octanol–water partition coefficient (Wildman–Crippen LogP) is -4.06. The van der Waals surface area contributed by atoms with Crippen LogP contribution < -0.4 is 33.2 Å². The fourth-order valence-electron chi connectivity index (χ4n) is 2.45. The van der Waals surface area contributed by atoms with E-state index in [1.165, 1.54) is 6.92 Å². The molecule has 32 heavy (non-hydrogen) atoms. The molecule has 0 rings (SSSR count). The molecule has 0 aromatic carbocycles. The number of amides is 3. The number of hydrogen-bond acceptors (Lipinski definition) is 8. The lowest BCUT2D eigenvalue weighted by atomic mass is 10.0. The molecule has 0 heterocycles. The van der Waals surface area contributed by atoms with E-state index in [1.807, 2.05) is 5.32 Å². The highest BCUT2D eigenvalue weighted by atomic mass is 16.4. The number of nitrogens with one attached hydrogen (secondary N) is 3. The zero-order valence-electron chi connectivity index (χ0n) is 18.4. The maximum absolute atomic E-state index is 12.8. The summed E-state index contributed by atoms with van der Waals surface area (Å²) in [5.41, 5.74) is 16.3. The van der Waals surface area contributed by atoms with Gasteiger partial charge in [-0.15, -0.1) is 0 Å². The van der Waals surface area contributed by atoms with E-state index in [-0.39, 0.29) is 24.8 Å². The molecule has 0 aromatic rings. The Hall–Kier alpha value is -2.97. The van der Waals surface area contributed by atoms with Gasteiger partial charge in [-0.25, -0.2) is 4.79 Å². The lowest BCUT2D eigenvalue weighted by molar-refractivity contribution is -0.144. The van der Waals surface area contributed by atoms with Crippen molar-refractivity contribution >= 4 is 29.7 Å². The predicted molar refractivity (Wildman–Crippen MR) is 115 cm³/mol. The van der Waals surface area contributed by atoms with Crippen molar-refractivity contribution in [1.29, 1.82) is 0 Å². The Morgan fingerprint density at radius 3 is 1.94 bits per heavy atom. The van der Waals surface area contributed by atoms with Gasteiger partial charge in [0.25, 0.3) is 0 Å². The van der Waals surface area contributed by atoms with Crippen molar-refractivity contribution in [1.82, 2.24) is 16.0 Å². The van der Waals surface area contributed by atoms with E-state index in [9.17, 15) is 24.3 Å². The van der Waals surface area contributed by atoms with E-state index < -0.39 is 60.6 Å². The number of rotatable bonds is 14. The van der Waals surface area contributed by atoms with Crippen LogP contribution in [0.25, 0.3) is 0 Å². The average Bonchev–Trinajstić information content (AvgIpc) is 2.70. The zero-order chi connectivity index (χ0) is 25.0. The third-order valence-electron chi connectivity index (χ3n) is 4.46. The Labute approximate surface area is 186 Å². The van der Waals surface area contributed by atoms with Crippen LogP contribution in [0.5, 0.6) is 0 Å². The largest absolute Gasteiger partial charge is 0.480 e. The van der Waals surface area contributed by atoms with Crippen LogP contribution in [0.4, 0.5) is 0 Å². The number of guanidine groups is 1. The molecule has 0 fully saturated rings. The quantitative estimate of drug-likeness (QED) is 0.0686. The van der Waals surface area contributed by atoms with Crippen molar-refractivity contribution < 1.29 is 34.5 Å². The van der Waals surface area contributed by atoms with Crippen LogP contribution in [0.15, 0.2) is 4.99 Å². The monoisotopic (exact) mass is 461 g/mol. The minimum Gasteiger partial charge on any atom is -0.480 e. The van der Waals surface area contributed by atoms with Crippen molar-refractivity contribution in [3.05, 3.63) is 0 Å². The average molecular weight is 462 g/mol. The number of nitrogens with zero attached hydrogens (tertiary/aromatic N) is 1. The summed E-state index contributed by atoms with van der Waals surface area (Å²) in [6.45, 7) is 3.95. The molecule has 12 N–H and O–H groups in total. The first-order valence-electron chi connectivity index (χ1n) is 10.1. The van der Waals surface area contributed by atoms with Crippen molar-refractivity contribution in [2.75, 3.05) is 13.2 Å². The molecule has 5 atom stereocenters. The lowest BCUT2D eigenvalue weighted by Gasteiger charge is -2.26. The topological polar surface area (TPSA) is 255 Å². The first kappa shape index (κ1) is 29.0. The molecule has 0 bridgehead atoms.